The van der Waals surface area contributed by atoms with Gasteiger partial charge in [-0.25, -0.2) is 9.97 Å². The summed E-state index contributed by atoms with van der Waals surface area (Å²) < 4.78 is 5.16. The number of carbonyl (C=O) groups excluding carboxylic acids is 1. The highest BCUT2D eigenvalue weighted by Crippen LogP contribution is 2.48. The largest absolute Gasteiger partial charge is 0.495 e. The minimum atomic E-state index is 0.178. The number of benzene rings is 1. The Hall–Kier alpha value is -3.32. The first-order valence-electron chi connectivity index (χ1n) is 13.5. The van der Waals surface area contributed by atoms with Gasteiger partial charge in [0.2, 0.25) is 5.91 Å². The van der Waals surface area contributed by atoms with E-state index in [1.165, 1.54) is 23.1 Å². The second kappa shape index (κ2) is 9.86. The Labute approximate surface area is 218 Å². The standard InChI is InChI=1S/C30H35N5O2/c1-3-21-16-32-29(33-17-21)23-4-8-26-22(14-23)5-9-27(26)35-19-30(20-35)10-12-34(13-11-30)28(36)15-24-6-7-25(37-2)18-31-24/h4,6-8,14,16-18,27H,3,5,9-13,15,19-20H2,1-2H3. The molecule has 2 fully saturated rings. The molecule has 0 bridgehead atoms. The molecule has 2 aromatic heterocycles. The topological polar surface area (TPSA) is 71.5 Å². The first-order valence-corrected chi connectivity index (χ1v) is 13.5. The average Bonchev–Trinajstić information content (AvgIpc) is 3.35. The van der Waals surface area contributed by atoms with Crippen LogP contribution in [0.1, 0.15) is 54.6 Å². The molecule has 192 valence electrons. The summed E-state index contributed by atoms with van der Waals surface area (Å²) in [6.45, 7) is 6.11. The second-order valence-electron chi connectivity index (χ2n) is 10.9. The molecule has 2 aliphatic heterocycles. The van der Waals surface area contributed by atoms with E-state index in [-0.39, 0.29) is 5.91 Å². The lowest BCUT2D eigenvalue weighted by Crippen LogP contribution is -2.61. The Balaban J connectivity index is 1.03. The molecule has 1 amide bonds. The Morgan fingerprint density at radius 1 is 1.05 bits per heavy atom. The number of piperidine rings is 1. The lowest BCUT2D eigenvalue weighted by molar-refractivity contribution is -0.136. The zero-order chi connectivity index (χ0) is 25.4. The molecule has 7 heteroatoms. The number of aryl methyl sites for hydroxylation is 2. The fraction of sp³-hybridized carbons (Fsp3) is 0.467. The highest BCUT2D eigenvalue weighted by Gasteiger charge is 2.48. The van der Waals surface area contributed by atoms with Crippen molar-refractivity contribution >= 4 is 5.91 Å². The van der Waals surface area contributed by atoms with Crippen LogP contribution in [0.5, 0.6) is 5.75 Å². The van der Waals surface area contributed by atoms with E-state index in [4.69, 9.17) is 4.74 Å². The number of methoxy groups -OCH3 is 1. The molecule has 7 nitrogen and oxygen atoms in total. The summed E-state index contributed by atoms with van der Waals surface area (Å²) in [5.74, 6) is 1.71. The van der Waals surface area contributed by atoms with Gasteiger partial charge < -0.3 is 9.64 Å². The molecular weight excluding hydrogens is 462 g/mol. The van der Waals surface area contributed by atoms with Crippen molar-refractivity contribution in [2.75, 3.05) is 33.3 Å². The van der Waals surface area contributed by atoms with Crippen molar-refractivity contribution in [2.24, 2.45) is 5.41 Å². The molecule has 1 aliphatic carbocycles. The van der Waals surface area contributed by atoms with Crippen molar-refractivity contribution < 1.29 is 9.53 Å². The van der Waals surface area contributed by atoms with Crippen LogP contribution < -0.4 is 4.74 Å². The van der Waals surface area contributed by atoms with Gasteiger partial charge >= 0.3 is 0 Å². The molecule has 1 aromatic carbocycles. The van der Waals surface area contributed by atoms with E-state index in [1.807, 2.05) is 29.4 Å². The molecule has 6 rings (SSSR count). The third-order valence-corrected chi connectivity index (χ3v) is 8.62. The average molecular weight is 498 g/mol. The van der Waals surface area contributed by atoms with Gasteiger partial charge in [-0.1, -0.05) is 19.1 Å². The maximum absolute atomic E-state index is 12.8. The summed E-state index contributed by atoms with van der Waals surface area (Å²) in [5.41, 5.74) is 6.37. The highest BCUT2D eigenvalue weighted by molar-refractivity contribution is 5.78. The lowest BCUT2D eigenvalue weighted by Gasteiger charge is -2.56. The molecule has 0 saturated carbocycles. The van der Waals surface area contributed by atoms with Crippen molar-refractivity contribution in [3.8, 4) is 17.1 Å². The van der Waals surface area contributed by atoms with Gasteiger partial charge in [0.15, 0.2) is 5.82 Å². The fourth-order valence-corrected chi connectivity index (χ4v) is 6.29. The van der Waals surface area contributed by atoms with Crippen LogP contribution in [0.3, 0.4) is 0 Å². The summed E-state index contributed by atoms with van der Waals surface area (Å²) in [6, 6.07) is 11.0. The molecular formula is C30H35N5O2. The number of nitrogens with zero attached hydrogens (tertiary/aromatic N) is 5. The van der Waals surface area contributed by atoms with Crippen molar-refractivity contribution in [2.45, 2.75) is 51.5 Å². The summed E-state index contributed by atoms with van der Waals surface area (Å²) in [7, 11) is 1.62. The van der Waals surface area contributed by atoms with E-state index in [2.05, 4.69) is 45.0 Å². The predicted octanol–water partition coefficient (Wildman–Crippen LogP) is 4.26. The van der Waals surface area contributed by atoms with E-state index in [0.29, 0.717) is 23.6 Å². The number of hydrogen-bond acceptors (Lipinski definition) is 6. The van der Waals surface area contributed by atoms with Crippen LogP contribution in [-0.2, 0) is 24.1 Å². The van der Waals surface area contributed by atoms with Crippen LogP contribution in [0.25, 0.3) is 11.4 Å². The Kier molecular flexibility index (Phi) is 6.41. The summed E-state index contributed by atoms with van der Waals surface area (Å²) in [4.78, 5) is 31.0. The molecule has 1 atom stereocenters. The number of aromatic nitrogens is 3. The van der Waals surface area contributed by atoms with E-state index >= 15 is 0 Å². The minimum Gasteiger partial charge on any atom is -0.495 e. The monoisotopic (exact) mass is 497 g/mol. The van der Waals surface area contributed by atoms with Crippen LogP contribution >= 0.6 is 0 Å². The van der Waals surface area contributed by atoms with Crippen LogP contribution in [0.15, 0.2) is 48.9 Å². The smallest absolute Gasteiger partial charge is 0.228 e. The van der Waals surface area contributed by atoms with Gasteiger partial charge in [0.05, 0.1) is 19.7 Å². The van der Waals surface area contributed by atoms with Gasteiger partial charge in [-0.15, -0.1) is 0 Å². The van der Waals surface area contributed by atoms with Gasteiger partial charge in [0.1, 0.15) is 5.75 Å². The summed E-state index contributed by atoms with van der Waals surface area (Å²) >= 11 is 0. The van der Waals surface area contributed by atoms with Gasteiger partial charge in [-0.2, -0.15) is 0 Å². The Bertz CT molecular complexity index is 1260. The number of amides is 1. The molecule has 4 heterocycles. The van der Waals surface area contributed by atoms with E-state index < -0.39 is 0 Å². The van der Waals surface area contributed by atoms with Crippen LogP contribution in [0.4, 0.5) is 0 Å². The first kappa shape index (κ1) is 24.0. The van der Waals surface area contributed by atoms with Gasteiger partial charge in [-0.05, 0) is 72.4 Å². The second-order valence-corrected chi connectivity index (χ2v) is 10.9. The van der Waals surface area contributed by atoms with Crippen LogP contribution in [0, 0.1) is 5.41 Å². The first-order chi connectivity index (χ1) is 18.1. The molecule has 0 radical (unpaired) electrons. The molecule has 37 heavy (non-hydrogen) atoms. The van der Waals surface area contributed by atoms with Gasteiger partial charge in [0, 0.05) is 55.9 Å². The summed E-state index contributed by atoms with van der Waals surface area (Å²) in [6.07, 6.45) is 11.4. The Morgan fingerprint density at radius 2 is 1.84 bits per heavy atom. The van der Waals surface area contributed by atoms with Crippen LogP contribution in [-0.4, -0.2) is 63.9 Å². The minimum absolute atomic E-state index is 0.178. The normalized spacial score (nSPS) is 20.5. The van der Waals surface area contributed by atoms with Crippen LogP contribution in [0.2, 0.25) is 0 Å². The number of fused-ring (bicyclic) bond motifs is 1. The highest BCUT2D eigenvalue weighted by atomic mass is 16.5. The number of ether oxygens (including phenoxy) is 1. The molecule has 3 aromatic rings. The number of rotatable bonds is 6. The van der Waals surface area contributed by atoms with Crippen molar-refractivity contribution in [3.05, 3.63) is 71.3 Å². The van der Waals surface area contributed by atoms with E-state index in [9.17, 15) is 4.79 Å². The fourth-order valence-electron chi connectivity index (χ4n) is 6.29. The lowest BCUT2D eigenvalue weighted by atomic mass is 9.71. The maximum Gasteiger partial charge on any atom is 0.228 e. The molecule has 0 N–H and O–H groups in total. The van der Waals surface area contributed by atoms with Crippen molar-refractivity contribution in [1.82, 2.24) is 24.8 Å². The Morgan fingerprint density at radius 3 is 2.51 bits per heavy atom. The number of likely N-dealkylation sites (tertiary alicyclic amines) is 2. The third-order valence-electron chi connectivity index (χ3n) is 8.62. The number of carbonyl (C=O) groups is 1. The molecule has 3 aliphatic rings. The third kappa shape index (κ3) is 4.73. The molecule has 2 saturated heterocycles. The number of pyridine rings is 1. The van der Waals surface area contributed by atoms with Gasteiger partial charge in [-0.3, -0.25) is 14.7 Å². The maximum atomic E-state index is 12.8. The zero-order valence-corrected chi connectivity index (χ0v) is 21.8. The SMILES string of the molecule is CCc1cnc(-c2ccc3c(c2)CCC3N2CC3(CCN(C(=O)Cc4ccc(OC)cn4)CC3)C2)nc1. The summed E-state index contributed by atoms with van der Waals surface area (Å²) in [5, 5.41) is 0. The zero-order valence-electron chi connectivity index (χ0n) is 21.8. The number of hydrogen-bond donors (Lipinski definition) is 0. The van der Waals surface area contributed by atoms with E-state index in [1.54, 1.807) is 13.3 Å². The van der Waals surface area contributed by atoms with Crippen molar-refractivity contribution in [3.63, 3.8) is 0 Å². The predicted molar refractivity (Wildman–Crippen MR) is 142 cm³/mol. The van der Waals surface area contributed by atoms with E-state index in [0.717, 1.165) is 68.9 Å². The molecule has 1 spiro atoms. The molecule has 1 unspecified atom stereocenters. The quantitative estimate of drug-likeness (QED) is 0.507. The van der Waals surface area contributed by atoms with Crippen molar-refractivity contribution in [1.29, 1.82) is 0 Å². The van der Waals surface area contributed by atoms with Gasteiger partial charge in [0.25, 0.3) is 0 Å².